The van der Waals surface area contributed by atoms with Gasteiger partial charge in [-0.2, -0.15) is 0 Å². The van der Waals surface area contributed by atoms with Crippen LogP contribution in [-0.4, -0.2) is 18.6 Å². The zero-order chi connectivity index (χ0) is 10.8. The molecule has 82 valence electrons. The van der Waals surface area contributed by atoms with Crippen molar-refractivity contribution in [2.75, 3.05) is 12.5 Å². The molecule has 1 aromatic rings. The Morgan fingerprint density at radius 2 is 2.27 bits per heavy atom. The van der Waals surface area contributed by atoms with Gasteiger partial charge in [-0.15, -0.1) is 11.6 Å². The average Bonchev–Trinajstić information content (AvgIpc) is 2.66. The van der Waals surface area contributed by atoms with Crippen molar-refractivity contribution >= 4 is 23.2 Å². The van der Waals surface area contributed by atoms with E-state index < -0.39 is 0 Å². The van der Waals surface area contributed by atoms with Gasteiger partial charge >= 0.3 is 0 Å². The number of benzene rings is 1. The number of hydrogen-bond acceptors (Lipinski definition) is 2. The summed E-state index contributed by atoms with van der Waals surface area (Å²) in [5.74, 6) is 0.461. The molecule has 0 amide bonds. The molecule has 15 heavy (non-hydrogen) atoms. The summed E-state index contributed by atoms with van der Waals surface area (Å²) in [5.41, 5.74) is 2.09. The molecule has 1 heterocycles. The lowest BCUT2D eigenvalue weighted by molar-refractivity contribution is -0.0571. The van der Waals surface area contributed by atoms with Crippen LogP contribution in [0.2, 0.25) is 5.02 Å². The number of alkyl halides is 1. The SMILES string of the molecule is Cc1cc(Cl)ccc1C1OCC(CCl)O1. The quantitative estimate of drug-likeness (QED) is 0.746. The highest BCUT2D eigenvalue weighted by molar-refractivity contribution is 6.30. The highest BCUT2D eigenvalue weighted by Crippen LogP contribution is 2.30. The lowest BCUT2D eigenvalue weighted by Crippen LogP contribution is -2.11. The van der Waals surface area contributed by atoms with Crippen LogP contribution in [0, 0.1) is 6.92 Å². The van der Waals surface area contributed by atoms with E-state index in [2.05, 4.69) is 0 Å². The van der Waals surface area contributed by atoms with Crippen LogP contribution in [0.5, 0.6) is 0 Å². The molecule has 0 N–H and O–H groups in total. The summed E-state index contributed by atoms with van der Waals surface area (Å²) >= 11 is 11.6. The minimum absolute atomic E-state index is 0.00764. The first-order valence-electron chi connectivity index (χ1n) is 4.80. The average molecular weight is 247 g/mol. The van der Waals surface area contributed by atoms with Gasteiger partial charge in [-0.1, -0.05) is 17.7 Å². The molecule has 0 spiro atoms. The van der Waals surface area contributed by atoms with E-state index in [0.29, 0.717) is 12.5 Å². The van der Waals surface area contributed by atoms with E-state index in [9.17, 15) is 0 Å². The monoisotopic (exact) mass is 246 g/mol. The summed E-state index contributed by atoms with van der Waals surface area (Å²) in [5, 5.41) is 0.725. The van der Waals surface area contributed by atoms with Crippen LogP contribution >= 0.6 is 23.2 Å². The van der Waals surface area contributed by atoms with Gasteiger partial charge in [0.05, 0.1) is 18.6 Å². The molecule has 4 heteroatoms. The topological polar surface area (TPSA) is 18.5 Å². The van der Waals surface area contributed by atoms with E-state index >= 15 is 0 Å². The summed E-state index contributed by atoms with van der Waals surface area (Å²) < 4.78 is 11.1. The zero-order valence-electron chi connectivity index (χ0n) is 8.37. The Morgan fingerprint density at radius 3 is 2.87 bits per heavy atom. The van der Waals surface area contributed by atoms with Crippen molar-refractivity contribution in [1.82, 2.24) is 0 Å². The molecule has 1 aliphatic rings. The van der Waals surface area contributed by atoms with Crippen LogP contribution in [0.1, 0.15) is 17.4 Å². The van der Waals surface area contributed by atoms with E-state index in [1.54, 1.807) is 0 Å². The smallest absolute Gasteiger partial charge is 0.184 e. The molecule has 0 bridgehead atoms. The largest absolute Gasteiger partial charge is 0.346 e. The Labute approximate surface area is 99.1 Å². The van der Waals surface area contributed by atoms with E-state index in [4.69, 9.17) is 32.7 Å². The standard InChI is InChI=1S/C11H12Cl2O2/c1-7-4-8(13)2-3-10(7)11-14-6-9(5-12)15-11/h2-4,9,11H,5-6H2,1H3. The summed E-state index contributed by atoms with van der Waals surface area (Å²) in [6.07, 6.45) is -0.308. The van der Waals surface area contributed by atoms with Gasteiger partial charge in [0.1, 0.15) is 0 Å². The molecule has 2 rings (SSSR count). The summed E-state index contributed by atoms with van der Waals surface area (Å²) in [6.45, 7) is 2.54. The third-order valence-electron chi connectivity index (χ3n) is 2.41. The second kappa shape index (κ2) is 4.71. The molecule has 2 atom stereocenters. The lowest BCUT2D eigenvalue weighted by Gasteiger charge is -2.13. The van der Waals surface area contributed by atoms with Gasteiger partial charge in [-0.05, 0) is 24.6 Å². The molecule has 0 saturated carbocycles. The van der Waals surface area contributed by atoms with Crippen molar-refractivity contribution in [3.8, 4) is 0 Å². The Hall–Kier alpha value is -0.280. The fourth-order valence-electron chi connectivity index (χ4n) is 1.60. The van der Waals surface area contributed by atoms with Crippen molar-refractivity contribution in [3.63, 3.8) is 0 Å². The van der Waals surface area contributed by atoms with E-state index in [1.807, 2.05) is 25.1 Å². The molecule has 0 aromatic heterocycles. The number of ether oxygens (including phenoxy) is 2. The molecule has 1 saturated heterocycles. The Kier molecular flexibility index (Phi) is 3.52. The number of rotatable bonds is 2. The highest BCUT2D eigenvalue weighted by Gasteiger charge is 2.27. The molecular weight excluding hydrogens is 235 g/mol. The molecule has 1 aromatic carbocycles. The van der Waals surface area contributed by atoms with Gasteiger partial charge < -0.3 is 9.47 Å². The molecule has 1 fully saturated rings. The van der Waals surface area contributed by atoms with Gasteiger partial charge in [0.15, 0.2) is 6.29 Å². The normalized spacial score (nSPS) is 25.8. The fourth-order valence-corrected chi connectivity index (χ4v) is 1.98. The predicted octanol–water partition coefficient (Wildman–Crippen LogP) is 3.30. The van der Waals surface area contributed by atoms with E-state index in [-0.39, 0.29) is 12.4 Å². The first kappa shape index (κ1) is 11.2. The Morgan fingerprint density at radius 1 is 1.47 bits per heavy atom. The fraction of sp³-hybridized carbons (Fsp3) is 0.455. The summed E-state index contributed by atoms with van der Waals surface area (Å²) in [4.78, 5) is 0. The van der Waals surface area contributed by atoms with E-state index in [1.165, 1.54) is 0 Å². The first-order valence-corrected chi connectivity index (χ1v) is 5.71. The maximum atomic E-state index is 5.88. The Bertz CT molecular complexity index is 354. The lowest BCUT2D eigenvalue weighted by atomic mass is 10.1. The number of hydrogen-bond donors (Lipinski definition) is 0. The molecule has 2 nitrogen and oxygen atoms in total. The number of halogens is 2. The first-order chi connectivity index (χ1) is 7.20. The van der Waals surface area contributed by atoms with Crippen molar-refractivity contribution in [1.29, 1.82) is 0 Å². The highest BCUT2D eigenvalue weighted by atomic mass is 35.5. The number of aryl methyl sites for hydroxylation is 1. The third kappa shape index (κ3) is 2.45. The van der Waals surface area contributed by atoms with Crippen molar-refractivity contribution in [3.05, 3.63) is 34.3 Å². The van der Waals surface area contributed by atoms with Gasteiger partial charge in [-0.3, -0.25) is 0 Å². The van der Waals surface area contributed by atoms with Crippen molar-refractivity contribution in [2.45, 2.75) is 19.3 Å². The minimum atomic E-state index is -0.300. The van der Waals surface area contributed by atoms with Gasteiger partial charge in [0.2, 0.25) is 0 Å². The molecule has 1 aliphatic heterocycles. The van der Waals surface area contributed by atoms with Crippen molar-refractivity contribution in [2.24, 2.45) is 0 Å². The Balaban J connectivity index is 2.17. The van der Waals surface area contributed by atoms with Crippen LogP contribution in [0.3, 0.4) is 0 Å². The van der Waals surface area contributed by atoms with Crippen LogP contribution in [0.25, 0.3) is 0 Å². The van der Waals surface area contributed by atoms with Crippen molar-refractivity contribution < 1.29 is 9.47 Å². The predicted molar refractivity (Wildman–Crippen MR) is 60.5 cm³/mol. The molecule has 2 unspecified atom stereocenters. The minimum Gasteiger partial charge on any atom is -0.346 e. The summed E-state index contributed by atoms with van der Waals surface area (Å²) in [6, 6.07) is 5.67. The van der Waals surface area contributed by atoms with Gasteiger partial charge in [0.25, 0.3) is 0 Å². The van der Waals surface area contributed by atoms with Crippen LogP contribution in [-0.2, 0) is 9.47 Å². The second-order valence-corrected chi connectivity index (χ2v) is 4.32. The third-order valence-corrected chi connectivity index (χ3v) is 2.99. The van der Waals surface area contributed by atoms with Crippen LogP contribution in [0.4, 0.5) is 0 Å². The maximum absolute atomic E-state index is 5.88. The van der Waals surface area contributed by atoms with Gasteiger partial charge in [0, 0.05) is 10.6 Å². The summed E-state index contributed by atoms with van der Waals surface area (Å²) in [7, 11) is 0. The maximum Gasteiger partial charge on any atom is 0.184 e. The molecular formula is C11H12Cl2O2. The zero-order valence-corrected chi connectivity index (χ0v) is 9.89. The molecule has 0 radical (unpaired) electrons. The second-order valence-electron chi connectivity index (χ2n) is 3.58. The van der Waals surface area contributed by atoms with Crippen LogP contribution in [0.15, 0.2) is 18.2 Å². The van der Waals surface area contributed by atoms with E-state index in [0.717, 1.165) is 16.1 Å². The van der Waals surface area contributed by atoms with Crippen LogP contribution < -0.4 is 0 Å². The molecule has 0 aliphatic carbocycles. The van der Waals surface area contributed by atoms with Gasteiger partial charge in [-0.25, -0.2) is 0 Å².